The maximum absolute atomic E-state index is 13.3. The third kappa shape index (κ3) is 3.38. The van der Waals surface area contributed by atoms with E-state index in [1.54, 1.807) is 11.8 Å². The molecule has 1 saturated heterocycles. The standard InChI is InChI=1S/C22H23FN4O3/c1-22(16-7-9-17(23)10-8-16)20(29)27(21(30)24-22)14-19(28)26-12-11-25(2)18-6-4-3-5-15(18)13-26/h3-10H,11-14H2,1-2H3,(H,24,30). The van der Waals surface area contributed by atoms with Crippen LogP contribution in [0.15, 0.2) is 48.5 Å². The first-order chi connectivity index (χ1) is 14.3. The lowest BCUT2D eigenvalue weighted by molar-refractivity contribution is -0.139. The van der Waals surface area contributed by atoms with Gasteiger partial charge in [0.25, 0.3) is 5.91 Å². The number of halogens is 1. The maximum atomic E-state index is 13.3. The number of benzene rings is 2. The molecule has 2 aromatic carbocycles. The van der Waals surface area contributed by atoms with Crippen LogP contribution in [0.4, 0.5) is 14.9 Å². The minimum Gasteiger partial charge on any atom is -0.373 e. The normalized spacial score (nSPS) is 21.4. The monoisotopic (exact) mass is 410 g/mol. The lowest BCUT2D eigenvalue weighted by Crippen LogP contribution is -2.45. The second kappa shape index (κ2) is 7.44. The highest BCUT2D eigenvalue weighted by Crippen LogP contribution is 2.29. The minimum absolute atomic E-state index is 0.299. The van der Waals surface area contributed by atoms with E-state index in [4.69, 9.17) is 0 Å². The molecule has 30 heavy (non-hydrogen) atoms. The third-order valence-electron chi connectivity index (χ3n) is 5.81. The van der Waals surface area contributed by atoms with Gasteiger partial charge in [0.2, 0.25) is 5.91 Å². The van der Waals surface area contributed by atoms with Gasteiger partial charge in [0, 0.05) is 32.4 Å². The highest BCUT2D eigenvalue weighted by Gasteiger charge is 2.49. The molecule has 0 bridgehead atoms. The van der Waals surface area contributed by atoms with E-state index in [1.165, 1.54) is 24.3 Å². The molecule has 0 aliphatic carbocycles. The molecule has 2 heterocycles. The average Bonchev–Trinajstić information content (AvgIpc) is 2.86. The van der Waals surface area contributed by atoms with Crippen molar-refractivity contribution in [1.82, 2.24) is 15.1 Å². The number of rotatable bonds is 3. The van der Waals surface area contributed by atoms with Crippen molar-refractivity contribution in [3.05, 3.63) is 65.5 Å². The number of amides is 4. The van der Waals surface area contributed by atoms with Crippen LogP contribution in [0.3, 0.4) is 0 Å². The molecule has 156 valence electrons. The van der Waals surface area contributed by atoms with Crippen molar-refractivity contribution in [2.75, 3.05) is 31.6 Å². The lowest BCUT2D eigenvalue weighted by atomic mass is 9.92. The summed E-state index contributed by atoms with van der Waals surface area (Å²) in [6, 6.07) is 12.6. The highest BCUT2D eigenvalue weighted by atomic mass is 19.1. The number of likely N-dealkylation sites (N-methyl/N-ethyl adjacent to an activating group) is 1. The van der Waals surface area contributed by atoms with Gasteiger partial charge in [0.1, 0.15) is 17.9 Å². The first kappa shape index (κ1) is 19.9. The Morgan fingerprint density at radius 1 is 1.10 bits per heavy atom. The van der Waals surface area contributed by atoms with Crippen LogP contribution < -0.4 is 10.2 Å². The zero-order valence-corrected chi connectivity index (χ0v) is 16.9. The zero-order valence-electron chi connectivity index (χ0n) is 16.9. The Morgan fingerprint density at radius 3 is 2.53 bits per heavy atom. The van der Waals surface area contributed by atoms with Crippen LogP contribution in [0.25, 0.3) is 0 Å². The minimum atomic E-state index is -1.34. The molecule has 4 amide bonds. The third-order valence-corrected chi connectivity index (χ3v) is 5.81. The van der Waals surface area contributed by atoms with E-state index < -0.39 is 23.3 Å². The molecule has 2 aliphatic rings. The van der Waals surface area contributed by atoms with E-state index in [0.29, 0.717) is 25.2 Å². The van der Waals surface area contributed by atoms with Crippen molar-refractivity contribution in [2.45, 2.75) is 19.0 Å². The molecule has 4 rings (SSSR count). The summed E-state index contributed by atoms with van der Waals surface area (Å²) >= 11 is 0. The molecule has 0 aromatic heterocycles. The van der Waals surface area contributed by atoms with Crippen molar-refractivity contribution < 1.29 is 18.8 Å². The first-order valence-electron chi connectivity index (χ1n) is 9.76. The molecule has 8 heteroatoms. The van der Waals surface area contributed by atoms with Gasteiger partial charge in [-0.2, -0.15) is 0 Å². The maximum Gasteiger partial charge on any atom is 0.325 e. The summed E-state index contributed by atoms with van der Waals surface area (Å²) in [5.41, 5.74) is 1.20. The molecule has 2 aliphatic heterocycles. The van der Waals surface area contributed by atoms with Gasteiger partial charge in [0.15, 0.2) is 0 Å². The number of urea groups is 1. The molecule has 2 aromatic rings. The van der Waals surface area contributed by atoms with Crippen LogP contribution in [0.5, 0.6) is 0 Å². The number of carbonyl (C=O) groups excluding carboxylic acids is 3. The second-order valence-electron chi connectivity index (χ2n) is 7.82. The summed E-state index contributed by atoms with van der Waals surface area (Å²) in [7, 11) is 1.97. The fourth-order valence-electron chi connectivity index (χ4n) is 3.96. The fourth-order valence-corrected chi connectivity index (χ4v) is 3.96. The average molecular weight is 410 g/mol. The van der Waals surface area contributed by atoms with Crippen LogP contribution in [0, 0.1) is 5.82 Å². The van der Waals surface area contributed by atoms with Gasteiger partial charge < -0.3 is 15.1 Å². The van der Waals surface area contributed by atoms with Gasteiger partial charge in [-0.15, -0.1) is 0 Å². The van der Waals surface area contributed by atoms with E-state index in [0.717, 1.165) is 16.2 Å². The Bertz CT molecular complexity index is 1010. The molecule has 0 saturated carbocycles. The quantitative estimate of drug-likeness (QED) is 0.787. The summed E-state index contributed by atoms with van der Waals surface area (Å²) in [5.74, 6) is -1.26. The van der Waals surface area contributed by atoms with E-state index in [9.17, 15) is 18.8 Å². The van der Waals surface area contributed by atoms with Crippen LogP contribution in [-0.4, -0.2) is 54.3 Å². The summed E-state index contributed by atoms with van der Waals surface area (Å²) in [4.78, 5) is 43.2. The molecule has 0 spiro atoms. The van der Waals surface area contributed by atoms with Gasteiger partial charge in [-0.3, -0.25) is 14.5 Å². The molecular formula is C22H23FN4O3. The Kier molecular flexibility index (Phi) is 4.93. The Balaban J connectivity index is 1.51. The van der Waals surface area contributed by atoms with E-state index >= 15 is 0 Å². The number of imide groups is 1. The van der Waals surface area contributed by atoms with Gasteiger partial charge in [-0.1, -0.05) is 30.3 Å². The van der Waals surface area contributed by atoms with Crippen LogP contribution in [0.2, 0.25) is 0 Å². The number of carbonyl (C=O) groups is 3. The van der Waals surface area contributed by atoms with Gasteiger partial charge in [-0.25, -0.2) is 9.18 Å². The largest absolute Gasteiger partial charge is 0.373 e. The number of hydrogen-bond donors (Lipinski definition) is 1. The molecular weight excluding hydrogens is 387 g/mol. The lowest BCUT2D eigenvalue weighted by Gasteiger charge is -2.24. The molecule has 1 fully saturated rings. The number of nitrogens with one attached hydrogen (secondary N) is 1. The van der Waals surface area contributed by atoms with Crippen LogP contribution in [0.1, 0.15) is 18.1 Å². The molecule has 1 N–H and O–H groups in total. The number of fused-ring (bicyclic) bond motifs is 1. The number of nitrogens with zero attached hydrogens (tertiary/aromatic N) is 3. The summed E-state index contributed by atoms with van der Waals surface area (Å²) in [6.07, 6.45) is 0. The van der Waals surface area contributed by atoms with Crippen molar-refractivity contribution in [2.24, 2.45) is 0 Å². The molecule has 1 atom stereocenters. The molecule has 1 unspecified atom stereocenters. The second-order valence-corrected chi connectivity index (χ2v) is 7.82. The smallest absolute Gasteiger partial charge is 0.325 e. The Hall–Kier alpha value is -3.42. The van der Waals surface area contributed by atoms with Gasteiger partial charge in [-0.05, 0) is 36.2 Å². The SMILES string of the molecule is CN1CCN(C(=O)CN2C(=O)NC(C)(c3ccc(F)cc3)C2=O)Cc2ccccc21. The Labute approximate surface area is 174 Å². The number of anilines is 1. The predicted octanol–water partition coefficient (Wildman–Crippen LogP) is 2.07. The van der Waals surface area contributed by atoms with Gasteiger partial charge in [0.05, 0.1) is 0 Å². The molecule has 7 nitrogen and oxygen atoms in total. The summed E-state index contributed by atoms with van der Waals surface area (Å²) in [6.45, 7) is 2.77. The highest BCUT2D eigenvalue weighted by molar-refractivity contribution is 6.09. The van der Waals surface area contributed by atoms with Crippen molar-refractivity contribution in [3.63, 3.8) is 0 Å². The van der Waals surface area contributed by atoms with Crippen LogP contribution >= 0.6 is 0 Å². The van der Waals surface area contributed by atoms with Crippen molar-refractivity contribution in [3.8, 4) is 0 Å². The van der Waals surface area contributed by atoms with E-state index in [1.807, 2.05) is 31.3 Å². The topological polar surface area (TPSA) is 73.0 Å². The summed E-state index contributed by atoms with van der Waals surface area (Å²) in [5, 5.41) is 2.65. The predicted molar refractivity (Wildman–Crippen MR) is 109 cm³/mol. The zero-order chi connectivity index (χ0) is 21.5. The molecule has 0 radical (unpaired) electrons. The summed E-state index contributed by atoms with van der Waals surface area (Å²) < 4.78 is 13.3. The van der Waals surface area contributed by atoms with Crippen molar-refractivity contribution >= 4 is 23.5 Å². The van der Waals surface area contributed by atoms with Crippen molar-refractivity contribution in [1.29, 1.82) is 0 Å². The number of hydrogen-bond acceptors (Lipinski definition) is 4. The van der Waals surface area contributed by atoms with Crippen LogP contribution in [-0.2, 0) is 21.7 Å². The van der Waals surface area contributed by atoms with E-state index in [2.05, 4.69) is 10.2 Å². The first-order valence-corrected chi connectivity index (χ1v) is 9.76. The van der Waals surface area contributed by atoms with Gasteiger partial charge >= 0.3 is 6.03 Å². The Morgan fingerprint density at radius 2 is 1.80 bits per heavy atom. The number of para-hydroxylation sites is 1. The fraction of sp³-hybridized carbons (Fsp3) is 0.318. The van der Waals surface area contributed by atoms with E-state index in [-0.39, 0.29) is 12.5 Å².